The molecule has 0 aromatic heterocycles. The molecule has 0 bridgehead atoms. The minimum absolute atomic E-state index is 0.0107. The molecule has 3 N–H and O–H groups in total. The fourth-order valence-corrected chi connectivity index (χ4v) is 12.9. The number of carbonyl (C=O) groups excluding carboxylic acids is 2. The van der Waals surface area contributed by atoms with Crippen LogP contribution >= 0.6 is 0 Å². The van der Waals surface area contributed by atoms with Crippen LogP contribution in [0.15, 0.2) is 36.5 Å². The summed E-state index contributed by atoms with van der Waals surface area (Å²) in [6, 6.07) is -0.626. The summed E-state index contributed by atoms with van der Waals surface area (Å²) in [4.78, 5) is 24.6. The van der Waals surface area contributed by atoms with Gasteiger partial charge in [-0.15, -0.1) is 0 Å². The first kappa shape index (κ1) is 87.1. The van der Waals surface area contributed by atoms with Crippen molar-refractivity contribution in [1.29, 1.82) is 0 Å². The van der Waals surface area contributed by atoms with Crippen molar-refractivity contribution in [2.24, 2.45) is 0 Å². The monoisotopic (exact) mass is 1250 g/mol. The third-order valence-electron chi connectivity index (χ3n) is 19.1. The summed E-state index contributed by atoms with van der Waals surface area (Å²) in [5, 5.41) is 23.3. The van der Waals surface area contributed by atoms with Crippen LogP contribution in [-0.2, 0) is 14.3 Å². The number of amides is 1. The Balaban J connectivity index is 3.36. The zero-order valence-corrected chi connectivity index (χ0v) is 60.4. The minimum Gasteiger partial charge on any atom is -0.466 e. The number of allylic oxidation sites excluding steroid dienone is 5. The maximum absolute atomic E-state index is 12.6. The first-order valence-electron chi connectivity index (χ1n) is 40.8. The van der Waals surface area contributed by atoms with Gasteiger partial charge in [-0.05, 0) is 77.0 Å². The first-order chi connectivity index (χ1) is 44.0. The Morgan fingerprint density at radius 1 is 0.303 bits per heavy atom. The van der Waals surface area contributed by atoms with Crippen LogP contribution < -0.4 is 5.32 Å². The molecule has 2 unspecified atom stereocenters. The van der Waals surface area contributed by atoms with Crippen molar-refractivity contribution >= 4 is 11.9 Å². The third-order valence-corrected chi connectivity index (χ3v) is 19.1. The predicted molar refractivity (Wildman–Crippen MR) is 393 cm³/mol. The average molecular weight is 1250 g/mol. The van der Waals surface area contributed by atoms with E-state index in [2.05, 4.69) is 43.5 Å². The largest absolute Gasteiger partial charge is 0.466 e. The van der Waals surface area contributed by atoms with E-state index in [1.54, 1.807) is 6.08 Å². The molecule has 0 fully saturated rings. The van der Waals surface area contributed by atoms with E-state index in [9.17, 15) is 19.8 Å². The summed E-state index contributed by atoms with van der Waals surface area (Å²) in [6.07, 6.45) is 103. The summed E-state index contributed by atoms with van der Waals surface area (Å²) < 4.78 is 5.47. The summed E-state index contributed by atoms with van der Waals surface area (Å²) in [7, 11) is 0. The summed E-state index contributed by atoms with van der Waals surface area (Å²) in [6.45, 7) is 4.91. The molecule has 0 heterocycles. The van der Waals surface area contributed by atoms with E-state index in [1.807, 2.05) is 6.08 Å². The topological polar surface area (TPSA) is 95.9 Å². The van der Waals surface area contributed by atoms with Crippen molar-refractivity contribution in [3.8, 4) is 0 Å². The van der Waals surface area contributed by atoms with E-state index in [0.29, 0.717) is 19.4 Å². The lowest BCUT2D eigenvalue weighted by Crippen LogP contribution is -2.45. The van der Waals surface area contributed by atoms with E-state index in [4.69, 9.17) is 4.74 Å². The molecule has 0 rings (SSSR count). The Hall–Kier alpha value is -1.92. The summed E-state index contributed by atoms with van der Waals surface area (Å²) in [5.41, 5.74) is 0. The number of carbonyl (C=O) groups is 2. The molecule has 0 saturated heterocycles. The number of hydrogen-bond acceptors (Lipinski definition) is 5. The molecular formula is C83H159NO5. The molecule has 0 aliphatic rings. The Morgan fingerprint density at radius 2 is 0.539 bits per heavy atom. The Bertz CT molecular complexity index is 1440. The molecule has 6 heteroatoms. The molecule has 1 amide bonds. The molecule has 89 heavy (non-hydrogen) atoms. The lowest BCUT2D eigenvalue weighted by atomic mass is 10.0. The van der Waals surface area contributed by atoms with Gasteiger partial charge in [0.25, 0.3) is 0 Å². The summed E-state index contributed by atoms with van der Waals surface area (Å²) in [5.74, 6) is -0.0481. The molecule has 0 aromatic carbocycles. The molecule has 0 aromatic rings. The lowest BCUT2D eigenvalue weighted by molar-refractivity contribution is -0.143. The van der Waals surface area contributed by atoms with Crippen LogP contribution in [0.2, 0.25) is 0 Å². The van der Waals surface area contributed by atoms with Crippen LogP contribution in [0.25, 0.3) is 0 Å². The van der Waals surface area contributed by atoms with Crippen molar-refractivity contribution in [2.75, 3.05) is 13.2 Å². The van der Waals surface area contributed by atoms with Gasteiger partial charge in [-0.1, -0.05) is 403 Å². The van der Waals surface area contributed by atoms with Crippen molar-refractivity contribution in [2.45, 2.75) is 469 Å². The number of aliphatic hydroxyl groups is 2. The van der Waals surface area contributed by atoms with Gasteiger partial charge < -0.3 is 20.3 Å². The van der Waals surface area contributed by atoms with Gasteiger partial charge in [0.15, 0.2) is 0 Å². The Kier molecular flexibility index (Phi) is 76.8. The van der Waals surface area contributed by atoms with Crippen molar-refractivity contribution < 1.29 is 24.5 Å². The van der Waals surface area contributed by atoms with E-state index < -0.39 is 12.1 Å². The lowest BCUT2D eigenvalue weighted by Gasteiger charge is -2.20. The highest BCUT2D eigenvalue weighted by molar-refractivity contribution is 5.76. The van der Waals surface area contributed by atoms with Gasteiger partial charge in [0.2, 0.25) is 5.91 Å². The standard InChI is InChI=1S/C83H159NO5/c1-3-5-7-9-11-13-15-16-17-18-19-20-21-37-40-43-46-49-52-56-59-63-67-71-75-81(86)80(79-85)84-82(87)76-72-68-64-60-57-53-50-47-44-41-38-35-33-31-29-27-25-23-22-24-26-28-30-32-34-36-39-42-45-48-51-54-58-62-66-70-74-78-89-83(88)77-73-69-65-61-55-14-12-10-8-6-4-2/h10,12,22,24,71,75,80-81,85-86H,3-9,11,13-21,23,25-70,72-74,76-79H2,1-2H3,(H,84,87)/b12-10-,24-22-,75-71+. The highest BCUT2D eigenvalue weighted by Crippen LogP contribution is 2.20. The molecule has 0 radical (unpaired) electrons. The second-order valence-electron chi connectivity index (χ2n) is 28.1. The number of rotatable bonds is 77. The average Bonchev–Trinajstić information content (AvgIpc) is 3.68. The first-order valence-corrected chi connectivity index (χ1v) is 40.8. The zero-order chi connectivity index (χ0) is 64.2. The smallest absolute Gasteiger partial charge is 0.305 e. The number of aliphatic hydroxyl groups excluding tert-OH is 2. The number of esters is 1. The van der Waals surface area contributed by atoms with Crippen LogP contribution in [0, 0.1) is 0 Å². The second-order valence-corrected chi connectivity index (χ2v) is 28.1. The van der Waals surface area contributed by atoms with Crippen LogP contribution in [-0.4, -0.2) is 47.4 Å². The SMILES string of the molecule is CCCC/C=C\CCCCCCCC(=O)OCCCCCCCCCCCCCCCCCC/C=C\CCCCCCCCCCCCCCCCCCCC(=O)NC(CO)C(O)/C=C/CCCCCCCCCCCCCCCCCCCCCCCC. The fourth-order valence-electron chi connectivity index (χ4n) is 12.9. The summed E-state index contributed by atoms with van der Waals surface area (Å²) >= 11 is 0. The predicted octanol–water partition coefficient (Wildman–Crippen LogP) is 27.0. The van der Waals surface area contributed by atoms with E-state index >= 15 is 0 Å². The quantitative estimate of drug-likeness (QED) is 0.0320. The molecule has 0 aliphatic carbocycles. The van der Waals surface area contributed by atoms with Gasteiger partial charge >= 0.3 is 5.97 Å². The van der Waals surface area contributed by atoms with E-state index in [-0.39, 0.29) is 18.5 Å². The Labute approximate surface area is 557 Å². The van der Waals surface area contributed by atoms with Crippen LogP contribution in [0.3, 0.4) is 0 Å². The van der Waals surface area contributed by atoms with Gasteiger partial charge in [-0.2, -0.15) is 0 Å². The van der Waals surface area contributed by atoms with Crippen LogP contribution in [0.1, 0.15) is 457 Å². The Morgan fingerprint density at radius 3 is 0.831 bits per heavy atom. The number of nitrogens with one attached hydrogen (secondary N) is 1. The highest BCUT2D eigenvalue weighted by atomic mass is 16.5. The van der Waals surface area contributed by atoms with Crippen molar-refractivity contribution in [3.05, 3.63) is 36.5 Å². The van der Waals surface area contributed by atoms with Gasteiger partial charge in [0, 0.05) is 12.8 Å². The van der Waals surface area contributed by atoms with Gasteiger partial charge in [-0.25, -0.2) is 0 Å². The van der Waals surface area contributed by atoms with Gasteiger partial charge in [-0.3, -0.25) is 9.59 Å². The van der Waals surface area contributed by atoms with Crippen molar-refractivity contribution in [3.63, 3.8) is 0 Å². The molecule has 526 valence electrons. The van der Waals surface area contributed by atoms with Crippen LogP contribution in [0.4, 0.5) is 0 Å². The number of unbranched alkanes of at least 4 members (excludes halogenated alkanes) is 62. The molecular weight excluding hydrogens is 1090 g/mol. The maximum atomic E-state index is 12.6. The highest BCUT2D eigenvalue weighted by Gasteiger charge is 2.18. The zero-order valence-electron chi connectivity index (χ0n) is 60.4. The van der Waals surface area contributed by atoms with Crippen molar-refractivity contribution in [1.82, 2.24) is 5.32 Å². The second kappa shape index (κ2) is 78.5. The molecule has 2 atom stereocenters. The normalized spacial score (nSPS) is 12.6. The molecule has 6 nitrogen and oxygen atoms in total. The third kappa shape index (κ3) is 75.0. The fraction of sp³-hybridized carbons (Fsp3) is 0.904. The minimum atomic E-state index is -0.843. The van der Waals surface area contributed by atoms with Gasteiger partial charge in [0.05, 0.1) is 25.4 Å². The molecule has 0 aliphatic heterocycles. The van der Waals surface area contributed by atoms with E-state index in [1.165, 1.54) is 385 Å². The maximum Gasteiger partial charge on any atom is 0.305 e. The number of ether oxygens (including phenoxy) is 1. The van der Waals surface area contributed by atoms with Crippen LogP contribution in [0.5, 0.6) is 0 Å². The van der Waals surface area contributed by atoms with Gasteiger partial charge in [0.1, 0.15) is 0 Å². The molecule has 0 spiro atoms. The number of hydrogen-bond donors (Lipinski definition) is 3. The van der Waals surface area contributed by atoms with E-state index in [0.717, 1.165) is 44.9 Å². The molecule has 0 saturated carbocycles.